The molecular weight excluding hydrogens is 472 g/mol. The van der Waals surface area contributed by atoms with Crippen LogP contribution in [-0.2, 0) is 24.3 Å². The van der Waals surface area contributed by atoms with Gasteiger partial charge in [-0.2, -0.15) is 0 Å². The van der Waals surface area contributed by atoms with Crippen molar-refractivity contribution < 1.29 is 27.5 Å². The lowest BCUT2D eigenvalue weighted by molar-refractivity contribution is -0.138. The van der Waals surface area contributed by atoms with Gasteiger partial charge in [-0.1, -0.05) is 0 Å². The number of thiophene rings is 1. The van der Waals surface area contributed by atoms with Gasteiger partial charge in [0.1, 0.15) is 4.21 Å². The molecule has 0 radical (unpaired) electrons. The first-order chi connectivity index (χ1) is 13.3. The molecule has 0 aliphatic carbocycles. The molecule has 1 N–H and O–H groups in total. The van der Waals surface area contributed by atoms with E-state index in [-0.39, 0.29) is 22.3 Å². The highest BCUT2D eigenvalue weighted by Gasteiger charge is 2.19. The van der Waals surface area contributed by atoms with Gasteiger partial charge < -0.3 is 14.4 Å². The molecule has 0 bridgehead atoms. The fourth-order valence-electron chi connectivity index (χ4n) is 2.44. The third-order valence-electron chi connectivity index (χ3n) is 3.88. The second-order valence-electron chi connectivity index (χ2n) is 5.81. The molecule has 1 aromatic carbocycles. The van der Waals surface area contributed by atoms with Gasteiger partial charge in [-0.15, -0.1) is 11.3 Å². The fraction of sp³-hybridized carbons (Fsp3) is 0.294. The average molecular weight is 489 g/mol. The van der Waals surface area contributed by atoms with Crippen molar-refractivity contribution in [2.24, 2.45) is 0 Å². The van der Waals surface area contributed by atoms with Gasteiger partial charge in [0.2, 0.25) is 0 Å². The number of anilines is 1. The monoisotopic (exact) mass is 488 g/mol. The van der Waals surface area contributed by atoms with Gasteiger partial charge in [0, 0.05) is 18.8 Å². The van der Waals surface area contributed by atoms with Gasteiger partial charge in [0.05, 0.1) is 22.6 Å². The van der Waals surface area contributed by atoms with E-state index in [0.29, 0.717) is 35.8 Å². The molecule has 3 rings (SSSR count). The minimum atomic E-state index is -3.70. The van der Waals surface area contributed by atoms with Crippen molar-refractivity contribution in [2.45, 2.75) is 4.21 Å². The van der Waals surface area contributed by atoms with Crippen LogP contribution in [0.15, 0.2) is 44.4 Å². The molecule has 1 amide bonds. The van der Waals surface area contributed by atoms with E-state index in [9.17, 15) is 18.0 Å². The first-order valence-electron chi connectivity index (χ1n) is 8.26. The van der Waals surface area contributed by atoms with Crippen molar-refractivity contribution in [1.82, 2.24) is 4.90 Å². The molecule has 2 heterocycles. The quantitative estimate of drug-likeness (QED) is 0.626. The number of esters is 1. The van der Waals surface area contributed by atoms with Crippen molar-refractivity contribution in [3.05, 3.63) is 45.7 Å². The summed E-state index contributed by atoms with van der Waals surface area (Å²) in [7, 11) is -3.70. The van der Waals surface area contributed by atoms with Gasteiger partial charge in [-0.25, -0.2) is 13.2 Å². The Morgan fingerprint density at radius 3 is 2.43 bits per heavy atom. The van der Waals surface area contributed by atoms with E-state index < -0.39 is 16.0 Å². The van der Waals surface area contributed by atoms with E-state index in [0.717, 1.165) is 11.3 Å². The van der Waals surface area contributed by atoms with Crippen molar-refractivity contribution in [1.29, 1.82) is 0 Å². The van der Waals surface area contributed by atoms with Gasteiger partial charge in [0.15, 0.2) is 6.61 Å². The molecule has 0 unspecified atom stereocenters. The van der Waals surface area contributed by atoms with Gasteiger partial charge in [-0.05, 0) is 52.3 Å². The number of hydrogen-bond acceptors (Lipinski definition) is 7. The van der Waals surface area contributed by atoms with Crippen LogP contribution in [0.25, 0.3) is 0 Å². The predicted molar refractivity (Wildman–Crippen MR) is 107 cm³/mol. The lowest BCUT2D eigenvalue weighted by Gasteiger charge is -2.26. The molecule has 11 heteroatoms. The number of nitrogens with zero attached hydrogens (tertiary/aromatic N) is 1. The van der Waals surface area contributed by atoms with Gasteiger partial charge in [-0.3, -0.25) is 9.52 Å². The number of hydrogen-bond donors (Lipinski definition) is 1. The summed E-state index contributed by atoms with van der Waals surface area (Å²) in [5, 5.41) is 0. The zero-order chi connectivity index (χ0) is 20.1. The maximum absolute atomic E-state index is 12.3. The molecular formula is C17H17BrN2O6S2. The third-order valence-corrected chi connectivity index (χ3v) is 7.37. The Labute approximate surface area is 174 Å². The summed E-state index contributed by atoms with van der Waals surface area (Å²) in [6, 6.07) is 8.93. The highest BCUT2D eigenvalue weighted by Crippen LogP contribution is 2.27. The highest BCUT2D eigenvalue weighted by atomic mass is 79.9. The number of halogens is 1. The van der Waals surface area contributed by atoms with Crippen LogP contribution >= 0.6 is 27.3 Å². The Morgan fingerprint density at radius 1 is 1.14 bits per heavy atom. The van der Waals surface area contributed by atoms with Crippen LogP contribution in [0, 0.1) is 0 Å². The number of carbonyl (C=O) groups excluding carboxylic acids is 2. The predicted octanol–water partition coefficient (Wildman–Crippen LogP) is 2.33. The number of sulfonamides is 1. The van der Waals surface area contributed by atoms with E-state index in [1.807, 2.05) is 0 Å². The summed E-state index contributed by atoms with van der Waals surface area (Å²) in [6.45, 7) is 1.55. The van der Waals surface area contributed by atoms with Crippen molar-refractivity contribution >= 4 is 54.9 Å². The minimum Gasteiger partial charge on any atom is -0.452 e. The third kappa shape index (κ3) is 5.31. The number of nitrogens with one attached hydrogen (secondary N) is 1. The van der Waals surface area contributed by atoms with Crippen molar-refractivity contribution in [3.63, 3.8) is 0 Å². The normalized spacial score (nSPS) is 14.5. The largest absolute Gasteiger partial charge is 0.452 e. The molecule has 28 heavy (non-hydrogen) atoms. The smallest absolute Gasteiger partial charge is 0.338 e. The van der Waals surface area contributed by atoms with Crippen LogP contribution in [0.1, 0.15) is 10.4 Å². The van der Waals surface area contributed by atoms with Crippen LogP contribution in [0.2, 0.25) is 0 Å². The number of amides is 1. The summed E-state index contributed by atoms with van der Waals surface area (Å²) >= 11 is 4.32. The first-order valence-corrected chi connectivity index (χ1v) is 11.4. The van der Waals surface area contributed by atoms with Gasteiger partial charge in [0.25, 0.3) is 15.9 Å². The summed E-state index contributed by atoms with van der Waals surface area (Å²) < 4.78 is 38.1. The Morgan fingerprint density at radius 2 is 1.82 bits per heavy atom. The standard InChI is InChI=1S/C17H17BrN2O6S2/c18-14-5-6-16(27-14)28(23,24)19-13-3-1-12(2-4-13)17(22)26-11-15(21)20-7-9-25-10-8-20/h1-6,19H,7-11H2. The molecule has 150 valence electrons. The maximum atomic E-state index is 12.3. The van der Waals surface area contributed by atoms with Crippen molar-refractivity contribution in [2.75, 3.05) is 37.6 Å². The van der Waals surface area contributed by atoms with Crippen LogP contribution in [0.4, 0.5) is 5.69 Å². The molecule has 1 aliphatic rings. The van der Waals surface area contributed by atoms with Gasteiger partial charge >= 0.3 is 5.97 Å². The number of ether oxygens (including phenoxy) is 2. The Balaban J connectivity index is 1.56. The summed E-state index contributed by atoms with van der Waals surface area (Å²) in [4.78, 5) is 25.7. The summed E-state index contributed by atoms with van der Waals surface area (Å²) in [5.74, 6) is -0.929. The molecule has 1 aromatic heterocycles. The zero-order valence-corrected chi connectivity index (χ0v) is 17.8. The number of benzene rings is 1. The van der Waals surface area contributed by atoms with E-state index in [4.69, 9.17) is 9.47 Å². The fourth-order valence-corrected chi connectivity index (χ4v) is 5.51. The second-order valence-corrected chi connectivity index (χ2v) is 10.2. The van der Waals surface area contributed by atoms with Crippen molar-refractivity contribution in [3.8, 4) is 0 Å². The molecule has 0 spiro atoms. The van der Waals surface area contributed by atoms with E-state index >= 15 is 0 Å². The maximum Gasteiger partial charge on any atom is 0.338 e. The second kappa shape index (κ2) is 9.03. The molecule has 1 aliphatic heterocycles. The lowest BCUT2D eigenvalue weighted by Crippen LogP contribution is -2.42. The summed E-state index contributed by atoms with van der Waals surface area (Å²) in [5.41, 5.74) is 0.530. The SMILES string of the molecule is O=C(OCC(=O)N1CCOCC1)c1ccc(NS(=O)(=O)c2ccc(Br)s2)cc1. The van der Waals surface area contributed by atoms with Crippen LogP contribution in [-0.4, -0.2) is 58.1 Å². The highest BCUT2D eigenvalue weighted by molar-refractivity contribution is 9.11. The first kappa shape index (κ1) is 20.8. The average Bonchev–Trinajstić information content (AvgIpc) is 3.14. The number of carbonyl (C=O) groups is 2. The summed E-state index contributed by atoms with van der Waals surface area (Å²) in [6.07, 6.45) is 0. The number of morpholine rings is 1. The Hall–Kier alpha value is -1.95. The topological polar surface area (TPSA) is 102 Å². The molecule has 0 saturated carbocycles. The lowest BCUT2D eigenvalue weighted by atomic mass is 10.2. The van der Waals surface area contributed by atoms with Crippen LogP contribution in [0.3, 0.4) is 0 Å². The van der Waals surface area contributed by atoms with E-state index in [1.54, 1.807) is 11.0 Å². The molecule has 0 atom stereocenters. The van der Waals surface area contributed by atoms with E-state index in [1.165, 1.54) is 30.3 Å². The minimum absolute atomic E-state index is 0.171. The van der Waals surface area contributed by atoms with Crippen LogP contribution in [0.5, 0.6) is 0 Å². The van der Waals surface area contributed by atoms with Crippen LogP contribution < -0.4 is 4.72 Å². The molecule has 2 aromatic rings. The Kier molecular flexibility index (Phi) is 6.70. The Bertz CT molecular complexity index is 952. The number of rotatable bonds is 6. The molecule has 8 nitrogen and oxygen atoms in total. The van der Waals surface area contributed by atoms with E-state index in [2.05, 4.69) is 20.7 Å². The molecule has 1 fully saturated rings. The zero-order valence-electron chi connectivity index (χ0n) is 14.6. The molecule has 1 saturated heterocycles.